The SMILES string of the molecule is O=C(NCC1(C2CC2)CC1)NC1(C(=O)O)CCCC1. The number of urea groups is 1. The molecule has 3 aliphatic rings. The average Bonchev–Trinajstić information content (AvgIpc) is 3.26. The molecule has 106 valence electrons. The fourth-order valence-electron chi connectivity index (χ4n) is 3.47. The van der Waals surface area contributed by atoms with E-state index in [1.807, 2.05) is 0 Å². The molecule has 19 heavy (non-hydrogen) atoms. The third kappa shape index (κ3) is 2.42. The van der Waals surface area contributed by atoms with Crippen LogP contribution in [0.4, 0.5) is 4.79 Å². The van der Waals surface area contributed by atoms with Crippen LogP contribution >= 0.6 is 0 Å². The highest BCUT2D eigenvalue weighted by Gasteiger charge is 2.53. The second-order valence-electron chi connectivity index (χ2n) is 6.54. The molecule has 0 saturated heterocycles. The zero-order valence-electron chi connectivity index (χ0n) is 11.2. The number of carbonyl (C=O) groups is 2. The van der Waals surface area contributed by atoms with Crippen molar-refractivity contribution >= 4 is 12.0 Å². The number of aliphatic carboxylic acids is 1. The van der Waals surface area contributed by atoms with Crippen molar-refractivity contribution in [2.75, 3.05) is 6.54 Å². The van der Waals surface area contributed by atoms with Gasteiger partial charge in [-0.15, -0.1) is 0 Å². The Morgan fingerprint density at radius 2 is 1.74 bits per heavy atom. The smallest absolute Gasteiger partial charge is 0.329 e. The van der Waals surface area contributed by atoms with Gasteiger partial charge >= 0.3 is 12.0 Å². The summed E-state index contributed by atoms with van der Waals surface area (Å²) in [7, 11) is 0. The fourth-order valence-corrected chi connectivity index (χ4v) is 3.47. The predicted molar refractivity (Wildman–Crippen MR) is 69.8 cm³/mol. The van der Waals surface area contributed by atoms with Crippen molar-refractivity contribution in [3.05, 3.63) is 0 Å². The van der Waals surface area contributed by atoms with Crippen LogP contribution in [0.2, 0.25) is 0 Å². The molecule has 2 amide bonds. The van der Waals surface area contributed by atoms with E-state index in [2.05, 4.69) is 10.6 Å². The maximum atomic E-state index is 11.9. The Morgan fingerprint density at radius 1 is 1.11 bits per heavy atom. The predicted octanol–water partition coefficient (Wildman–Crippen LogP) is 1.87. The maximum absolute atomic E-state index is 11.9. The quantitative estimate of drug-likeness (QED) is 0.711. The van der Waals surface area contributed by atoms with Gasteiger partial charge < -0.3 is 15.7 Å². The maximum Gasteiger partial charge on any atom is 0.329 e. The molecule has 5 heteroatoms. The molecular weight excluding hydrogens is 244 g/mol. The molecule has 0 aliphatic heterocycles. The molecular formula is C14H22N2O3. The highest BCUT2D eigenvalue weighted by atomic mass is 16.4. The van der Waals surface area contributed by atoms with Crippen LogP contribution in [0.15, 0.2) is 0 Å². The van der Waals surface area contributed by atoms with E-state index >= 15 is 0 Å². The Balaban J connectivity index is 1.51. The molecule has 3 N–H and O–H groups in total. The number of rotatable bonds is 5. The minimum Gasteiger partial charge on any atom is -0.480 e. The van der Waals surface area contributed by atoms with Gasteiger partial charge in [-0.1, -0.05) is 12.8 Å². The van der Waals surface area contributed by atoms with Crippen molar-refractivity contribution in [2.24, 2.45) is 11.3 Å². The Hall–Kier alpha value is -1.26. The molecule has 0 aromatic carbocycles. The van der Waals surface area contributed by atoms with Gasteiger partial charge in [-0.05, 0) is 49.9 Å². The summed E-state index contributed by atoms with van der Waals surface area (Å²) in [4.78, 5) is 23.3. The Bertz CT molecular complexity index is 393. The number of carboxylic acids is 1. The van der Waals surface area contributed by atoms with Gasteiger partial charge in [0, 0.05) is 6.54 Å². The summed E-state index contributed by atoms with van der Waals surface area (Å²) in [5.41, 5.74) is -0.677. The Labute approximate surface area is 113 Å². The van der Waals surface area contributed by atoms with Crippen LogP contribution in [0.25, 0.3) is 0 Å². The molecule has 0 bridgehead atoms. The third-order valence-corrected chi connectivity index (χ3v) is 5.16. The van der Waals surface area contributed by atoms with Crippen molar-refractivity contribution in [3.63, 3.8) is 0 Å². The molecule has 0 heterocycles. The minimum absolute atomic E-state index is 0.309. The van der Waals surface area contributed by atoms with E-state index in [1.165, 1.54) is 25.7 Å². The third-order valence-electron chi connectivity index (χ3n) is 5.16. The van der Waals surface area contributed by atoms with Gasteiger partial charge in [0.15, 0.2) is 0 Å². The van der Waals surface area contributed by atoms with Crippen LogP contribution in [-0.2, 0) is 4.79 Å². The van der Waals surface area contributed by atoms with Crippen LogP contribution < -0.4 is 10.6 Å². The van der Waals surface area contributed by atoms with E-state index in [-0.39, 0.29) is 6.03 Å². The van der Waals surface area contributed by atoms with Crippen molar-refractivity contribution < 1.29 is 14.7 Å². The van der Waals surface area contributed by atoms with Gasteiger partial charge in [0.05, 0.1) is 0 Å². The second-order valence-corrected chi connectivity index (χ2v) is 6.54. The number of nitrogens with one attached hydrogen (secondary N) is 2. The van der Waals surface area contributed by atoms with Crippen molar-refractivity contribution in [2.45, 2.75) is 56.9 Å². The van der Waals surface area contributed by atoms with Crippen LogP contribution in [0, 0.1) is 11.3 Å². The normalized spacial score (nSPS) is 26.7. The zero-order chi connectivity index (χ0) is 13.5. The van der Waals surface area contributed by atoms with E-state index in [9.17, 15) is 14.7 Å². The van der Waals surface area contributed by atoms with E-state index < -0.39 is 11.5 Å². The molecule has 3 aliphatic carbocycles. The minimum atomic E-state index is -1.03. The van der Waals surface area contributed by atoms with Gasteiger partial charge in [0.2, 0.25) is 0 Å². The monoisotopic (exact) mass is 266 g/mol. The molecule has 3 rings (SSSR count). The molecule has 0 aromatic rings. The van der Waals surface area contributed by atoms with E-state index in [0.717, 1.165) is 18.8 Å². The number of amides is 2. The standard InChI is InChI=1S/C14H22N2O3/c17-11(18)14(5-1-2-6-14)16-12(19)15-9-13(7-8-13)10-3-4-10/h10H,1-9H2,(H,17,18)(H2,15,16,19). The lowest BCUT2D eigenvalue weighted by atomic mass is 9.98. The van der Waals surface area contributed by atoms with Crippen LogP contribution in [0.1, 0.15) is 51.4 Å². The number of carbonyl (C=O) groups excluding carboxylic acids is 1. The summed E-state index contributed by atoms with van der Waals surface area (Å²) in [6, 6.07) is -0.309. The Kier molecular flexibility index (Phi) is 2.95. The fraction of sp³-hybridized carbons (Fsp3) is 0.857. The van der Waals surface area contributed by atoms with Gasteiger partial charge in [0.25, 0.3) is 0 Å². The summed E-state index contributed by atoms with van der Waals surface area (Å²) < 4.78 is 0. The topological polar surface area (TPSA) is 78.4 Å². The number of hydrogen-bond donors (Lipinski definition) is 3. The molecule has 0 unspecified atom stereocenters. The summed E-state index contributed by atoms with van der Waals surface area (Å²) in [6.45, 7) is 0.708. The summed E-state index contributed by atoms with van der Waals surface area (Å²) in [5.74, 6) is -0.101. The first-order valence-electron chi connectivity index (χ1n) is 7.36. The first-order chi connectivity index (χ1) is 9.06. The first-order valence-corrected chi connectivity index (χ1v) is 7.36. The van der Waals surface area contributed by atoms with E-state index in [4.69, 9.17) is 0 Å². The van der Waals surface area contributed by atoms with Crippen molar-refractivity contribution in [3.8, 4) is 0 Å². The lowest BCUT2D eigenvalue weighted by Crippen LogP contribution is -2.56. The molecule has 3 fully saturated rings. The Morgan fingerprint density at radius 3 is 2.21 bits per heavy atom. The van der Waals surface area contributed by atoms with Gasteiger partial charge in [0.1, 0.15) is 5.54 Å². The van der Waals surface area contributed by atoms with Crippen LogP contribution in [0.5, 0.6) is 0 Å². The average molecular weight is 266 g/mol. The second kappa shape index (κ2) is 4.39. The largest absolute Gasteiger partial charge is 0.480 e. The lowest BCUT2D eigenvalue weighted by Gasteiger charge is -2.26. The highest BCUT2D eigenvalue weighted by Crippen LogP contribution is 2.60. The molecule has 0 radical (unpaired) electrons. The number of carboxylic acid groups (broad SMARTS) is 1. The van der Waals surface area contributed by atoms with Crippen molar-refractivity contribution in [1.29, 1.82) is 0 Å². The van der Waals surface area contributed by atoms with E-state index in [1.54, 1.807) is 0 Å². The van der Waals surface area contributed by atoms with Gasteiger partial charge in [-0.3, -0.25) is 0 Å². The first kappa shape index (κ1) is 12.8. The van der Waals surface area contributed by atoms with Gasteiger partial charge in [-0.2, -0.15) is 0 Å². The highest BCUT2D eigenvalue weighted by molar-refractivity contribution is 5.86. The summed E-state index contributed by atoms with van der Waals surface area (Å²) in [5, 5.41) is 14.9. The van der Waals surface area contributed by atoms with Crippen molar-refractivity contribution in [1.82, 2.24) is 10.6 Å². The molecule has 0 atom stereocenters. The molecule has 3 saturated carbocycles. The van der Waals surface area contributed by atoms with Gasteiger partial charge in [-0.25, -0.2) is 9.59 Å². The molecule has 0 spiro atoms. The molecule has 0 aromatic heterocycles. The zero-order valence-corrected chi connectivity index (χ0v) is 11.2. The van der Waals surface area contributed by atoms with Crippen LogP contribution in [-0.4, -0.2) is 29.2 Å². The summed E-state index contributed by atoms with van der Waals surface area (Å²) in [6.07, 6.45) is 7.85. The number of hydrogen-bond acceptors (Lipinski definition) is 2. The lowest BCUT2D eigenvalue weighted by molar-refractivity contribution is -0.144. The molecule has 5 nitrogen and oxygen atoms in total. The summed E-state index contributed by atoms with van der Waals surface area (Å²) >= 11 is 0. The van der Waals surface area contributed by atoms with Crippen LogP contribution in [0.3, 0.4) is 0 Å². The van der Waals surface area contributed by atoms with E-state index in [0.29, 0.717) is 24.8 Å².